The van der Waals surface area contributed by atoms with Crippen LogP contribution in [0.25, 0.3) is 22.6 Å². The summed E-state index contributed by atoms with van der Waals surface area (Å²) in [6.45, 7) is 0.108. The van der Waals surface area contributed by atoms with Crippen molar-refractivity contribution in [3.63, 3.8) is 0 Å². The number of benzene rings is 2. The fourth-order valence-corrected chi connectivity index (χ4v) is 3.16. The van der Waals surface area contributed by atoms with Crippen molar-refractivity contribution in [2.45, 2.75) is 6.23 Å². The van der Waals surface area contributed by atoms with Crippen LogP contribution in [0.5, 0.6) is 0 Å². The molecule has 1 unspecified atom stereocenters. The van der Waals surface area contributed by atoms with Crippen LogP contribution in [0.15, 0.2) is 58.2 Å². The summed E-state index contributed by atoms with van der Waals surface area (Å²) in [5.41, 5.74) is -0.143. The van der Waals surface area contributed by atoms with Gasteiger partial charge in [-0.25, -0.2) is 13.2 Å². The minimum absolute atomic E-state index is 0.00506. The molecule has 148 valence electrons. The zero-order valence-electron chi connectivity index (χ0n) is 14.7. The Bertz CT molecular complexity index is 1060. The van der Waals surface area contributed by atoms with Crippen LogP contribution in [-0.2, 0) is 0 Å². The Morgan fingerprint density at radius 2 is 1.83 bits per heavy atom. The van der Waals surface area contributed by atoms with Gasteiger partial charge in [0, 0.05) is 29.1 Å². The maximum atomic E-state index is 14.5. The highest BCUT2D eigenvalue weighted by molar-refractivity contribution is 6.30. The normalized spacial score (nSPS) is 14.4. The van der Waals surface area contributed by atoms with Crippen LogP contribution in [0.3, 0.4) is 0 Å². The van der Waals surface area contributed by atoms with Crippen molar-refractivity contribution in [3.05, 3.63) is 76.7 Å². The molecule has 0 spiro atoms. The van der Waals surface area contributed by atoms with Crippen molar-refractivity contribution in [1.29, 1.82) is 0 Å². The van der Waals surface area contributed by atoms with Gasteiger partial charge in [0.05, 0.1) is 11.1 Å². The fraction of sp³-hybridized carbons (Fsp3) is 0.100. The number of aromatic nitrogens is 1. The van der Waals surface area contributed by atoms with Gasteiger partial charge in [-0.1, -0.05) is 16.8 Å². The van der Waals surface area contributed by atoms with Gasteiger partial charge >= 0.3 is 0 Å². The first-order valence-electron chi connectivity index (χ1n) is 8.46. The summed E-state index contributed by atoms with van der Waals surface area (Å²) in [5, 5.41) is 15.0. The molecule has 1 aromatic heterocycles. The summed E-state index contributed by atoms with van der Waals surface area (Å²) in [6.07, 6.45) is 3.33. The van der Waals surface area contributed by atoms with Gasteiger partial charge < -0.3 is 14.5 Å². The molecule has 1 atom stereocenters. The lowest BCUT2D eigenvalue weighted by molar-refractivity contribution is 0.0385. The van der Waals surface area contributed by atoms with Gasteiger partial charge in [-0.3, -0.25) is 4.99 Å². The van der Waals surface area contributed by atoms with Crippen LogP contribution in [0.1, 0.15) is 11.8 Å². The molecule has 0 radical (unpaired) electrons. The molecule has 0 fully saturated rings. The summed E-state index contributed by atoms with van der Waals surface area (Å²) in [6, 6.07) is 6.81. The lowest BCUT2D eigenvalue weighted by atomic mass is 10.00. The van der Waals surface area contributed by atoms with Crippen LogP contribution >= 0.6 is 11.6 Å². The molecule has 0 amide bonds. The first kappa shape index (κ1) is 19.2. The monoisotopic (exact) mass is 419 g/mol. The largest absolute Gasteiger partial charge is 0.369 e. The van der Waals surface area contributed by atoms with E-state index in [0.29, 0.717) is 6.07 Å². The third-order valence-electron chi connectivity index (χ3n) is 4.38. The number of hydrogen-bond donors (Lipinski definition) is 1. The number of rotatable bonds is 4. The van der Waals surface area contributed by atoms with Crippen molar-refractivity contribution in [2.24, 2.45) is 4.99 Å². The SMILES string of the molecule is OC(c1c(-c2ccc(Cl)cc2F)noc1-c1ccc(F)cc1F)N1C=CC=NC1. The van der Waals surface area contributed by atoms with E-state index in [-0.39, 0.29) is 39.8 Å². The smallest absolute Gasteiger partial charge is 0.178 e. The Kier molecular flexibility index (Phi) is 5.12. The van der Waals surface area contributed by atoms with Gasteiger partial charge in [0.1, 0.15) is 29.8 Å². The molecule has 9 heteroatoms. The van der Waals surface area contributed by atoms with E-state index in [9.17, 15) is 18.3 Å². The first-order chi connectivity index (χ1) is 14.0. The highest BCUT2D eigenvalue weighted by Gasteiger charge is 2.31. The van der Waals surface area contributed by atoms with E-state index in [0.717, 1.165) is 18.2 Å². The summed E-state index contributed by atoms with van der Waals surface area (Å²) in [5.74, 6) is -2.53. The maximum Gasteiger partial charge on any atom is 0.178 e. The zero-order chi connectivity index (χ0) is 20.5. The van der Waals surface area contributed by atoms with Crippen molar-refractivity contribution < 1.29 is 22.8 Å². The average Bonchev–Trinajstić information content (AvgIpc) is 3.12. The highest BCUT2D eigenvalue weighted by Crippen LogP contribution is 2.40. The second-order valence-electron chi connectivity index (χ2n) is 6.22. The van der Waals surface area contributed by atoms with Crippen molar-refractivity contribution in [3.8, 4) is 22.6 Å². The Morgan fingerprint density at radius 1 is 1.07 bits per heavy atom. The zero-order valence-corrected chi connectivity index (χ0v) is 15.4. The van der Waals surface area contributed by atoms with E-state index in [4.69, 9.17) is 16.1 Å². The van der Waals surface area contributed by atoms with Gasteiger partial charge in [0.25, 0.3) is 0 Å². The quantitative estimate of drug-likeness (QED) is 0.651. The van der Waals surface area contributed by atoms with E-state index in [1.165, 1.54) is 17.0 Å². The van der Waals surface area contributed by atoms with E-state index in [2.05, 4.69) is 10.1 Å². The van der Waals surface area contributed by atoms with Gasteiger partial charge in [-0.2, -0.15) is 0 Å². The second-order valence-corrected chi connectivity index (χ2v) is 6.66. The number of halogens is 4. The van der Waals surface area contributed by atoms with Crippen molar-refractivity contribution in [1.82, 2.24) is 10.1 Å². The molecule has 29 heavy (non-hydrogen) atoms. The molecular formula is C20H13ClF3N3O2. The van der Waals surface area contributed by atoms with E-state index in [1.54, 1.807) is 18.5 Å². The van der Waals surface area contributed by atoms with Crippen LogP contribution in [-0.4, -0.2) is 28.0 Å². The van der Waals surface area contributed by atoms with E-state index in [1.807, 2.05) is 0 Å². The molecule has 1 N–H and O–H groups in total. The predicted molar refractivity (Wildman–Crippen MR) is 102 cm³/mol. The Morgan fingerprint density at radius 3 is 2.52 bits per heavy atom. The third-order valence-corrected chi connectivity index (χ3v) is 4.61. The average molecular weight is 420 g/mol. The molecule has 5 nitrogen and oxygen atoms in total. The van der Waals surface area contributed by atoms with Gasteiger partial charge in [0.15, 0.2) is 12.0 Å². The fourth-order valence-electron chi connectivity index (χ4n) is 3.00. The Hall–Kier alpha value is -3.10. The molecule has 4 rings (SSSR count). The number of hydrogen-bond acceptors (Lipinski definition) is 5. The first-order valence-corrected chi connectivity index (χ1v) is 8.84. The summed E-state index contributed by atoms with van der Waals surface area (Å²) < 4.78 is 47.6. The van der Waals surface area contributed by atoms with Crippen LogP contribution in [0.4, 0.5) is 13.2 Å². The molecule has 0 saturated carbocycles. The maximum absolute atomic E-state index is 14.5. The molecule has 2 heterocycles. The van der Waals surface area contributed by atoms with E-state index >= 15 is 0 Å². The Labute approximate surface area is 168 Å². The highest BCUT2D eigenvalue weighted by atomic mass is 35.5. The third kappa shape index (κ3) is 3.64. The van der Waals surface area contributed by atoms with E-state index < -0.39 is 23.7 Å². The minimum atomic E-state index is -1.39. The molecule has 0 aliphatic carbocycles. The lowest BCUT2D eigenvalue weighted by Crippen LogP contribution is -2.25. The van der Waals surface area contributed by atoms with Crippen LogP contribution in [0, 0.1) is 17.5 Å². The molecule has 1 aliphatic heterocycles. The van der Waals surface area contributed by atoms with Crippen molar-refractivity contribution in [2.75, 3.05) is 6.67 Å². The van der Waals surface area contributed by atoms with Crippen LogP contribution < -0.4 is 0 Å². The Balaban J connectivity index is 1.91. The number of allylic oxidation sites excluding steroid dienone is 1. The number of nitrogens with zero attached hydrogens (tertiary/aromatic N) is 3. The minimum Gasteiger partial charge on any atom is -0.369 e. The number of aliphatic imine (C=N–C) groups is 1. The number of aliphatic hydroxyl groups excluding tert-OH is 1. The number of aliphatic hydroxyl groups is 1. The standard InChI is InChI=1S/C20H13ClF3N3O2/c21-11-2-4-13(15(23)8-11)18-17(20(28)27-7-1-6-25-10-27)19(29-26-18)14-5-3-12(22)9-16(14)24/h1-9,20,28H,10H2. The van der Waals surface area contributed by atoms with Crippen LogP contribution in [0.2, 0.25) is 5.02 Å². The molecular weight excluding hydrogens is 407 g/mol. The lowest BCUT2D eigenvalue weighted by Gasteiger charge is -2.26. The summed E-state index contributed by atoms with van der Waals surface area (Å²) in [4.78, 5) is 5.47. The topological polar surface area (TPSA) is 61.9 Å². The predicted octanol–water partition coefficient (Wildman–Crippen LogP) is 4.93. The molecule has 2 aromatic carbocycles. The molecule has 3 aromatic rings. The second kappa shape index (κ2) is 7.73. The molecule has 1 aliphatic rings. The molecule has 0 bridgehead atoms. The van der Waals surface area contributed by atoms with Crippen molar-refractivity contribution >= 4 is 17.8 Å². The van der Waals surface area contributed by atoms with Gasteiger partial charge in [-0.15, -0.1) is 0 Å². The van der Waals surface area contributed by atoms with Gasteiger partial charge in [-0.05, 0) is 36.4 Å². The summed E-state index contributed by atoms with van der Waals surface area (Å²) in [7, 11) is 0. The summed E-state index contributed by atoms with van der Waals surface area (Å²) >= 11 is 5.81. The van der Waals surface area contributed by atoms with Gasteiger partial charge in [0.2, 0.25) is 0 Å². The molecule has 0 saturated heterocycles.